The zero-order chi connectivity index (χ0) is 16.4. The van der Waals surface area contributed by atoms with E-state index in [0.29, 0.717) is 10.6 Å². The van der Waals surface area contributed by atoms with Gasteiger partial charge >= 0.3 is 5.97 Å². The summed E-state index contributed by atoms with van der Waals surface area (Å²) in [4.78, 5) is 23.4. The molecule has 1 fully saturated rings. The molecule has 5 heteroatoms. The highest BCUT2D eigenvalue weighted by Gasteiger charge is 2.22. The minimum atomic E-state index is -0.256. The first-order valence-corrected chi connectivity index (χ1v) is 8.37. The van der Waals surface area contributed by atoms with Crippen molar-refractivity contribution in [2.75, 3.05) is 0 Å². The first-order chi connectivity index (χ1) is 11.1. The zero-order valence-corrected chi connectivity index (χ0v) is 13.9. The number of aldehydes is 1. The van der Waals surface area contributed by atoms with Crippen molar-refractivity contribution in [1.29, 1.82) is 0 Å². The van der Waals surface area contributed by atoms with Gasteiger partial charge in [0, 0.05) is 27.7 Å². The topological polar surface area (TPSA) is 48.3 Å². The van der Waals surface area contributed by atoms with Crippen molar-refractivity contribution in [3.05, 3.63) is 35.0 Å². The summed E-state index contributed by atoms with van der Waals surface area (Å²) in [6, 6.07) is 5.31. The molecule has 0 bridgehead atoms. The summed E-state index contributed by atoms with van der Waals surface area (Å²) < 4.78 is 7.34. The van der Waals surface area contributed by atoms with Gasteiger partial charge in [0.2, 0.25) is 0 Å². The number of nitrogens with zero attached hydrogens (tertiary/aromatic N) is 1. The predicted molar refractivity (Wildman–Crippen MR) is 89.8 cm³/mol. The van der Waals surface area contributed by atoms with Gasteiger partial charge in [0.05, 0.1) is 0 Å². The number of benzene rings is 1. The van der Waals surface area contributed by atoms with Gasteiger partial charge in [-0.3, -0.25) is 9.59 Å². The molecule has 2 aromatic rings. The standard InChI is InChI=1S/C18H20ClNO3/c1-12-2-5-15(6-3-12)23-18(22)10-20-9-13(11-21)16-8-14(19)4-7-17(16)20/h4,7-9,11-12,15H,2-3,5-6,10H2,1H3. The van der Waals surface area contributed by atoms with E-state index in [1.807, 2.05) is 6.07 Å². The number of carbonyl (C=O) groups excluding carboxylic acids is 2. The molecule has 0 N–H and O–H groups in total. The Bertz CT molecular complexity index is 729. The van der Waals surface area contributed by atoms with Crippen LogP contribution in [0, 0.1) is 5.92 Å². The number of fused-ring (bicyclic) bond motifs is 1. The second-order valence-electron chi connectivity index (χ2n) is 6.36. The van der Waals surface area contributed by atoms with Crippen LogP contribution < -0.4 is 0 Å². The van der Waals surface area contributed by atoms with Gasteiger partial charge in [0.15, 0.2) is 6.29 Å². The van der Waals surface area contributed by atoms with Crippen LogP contribution in [0.1, 0.15) is 43.0 Å². The van der Waals surface area contributed by atoms with Gasteiger partial charge in [-0.15, -0.1) is 0 Å². The van der Waals surface area contributed by atoms with E-state index in [-0.39, 0.29) is 18.6 Å². The van der Waals surface area contributed by atoms with Gasteiger partial charge in [-0.2, -0.15) is 0 Å². The second kappa shape index (κ2) is 6.75. The van der Waals surface area contributed by atoms with Crippen LogP contribution in [0.25, 0.3) is 10.9 Å². The lowest BCUT2D eigenvalue weighted by Crippen LogP contribution is -2.25. The maximum atomic E-state index is 12.2. The third-order valence-electron chi connectivity index (χ3n) is 4.56. The van der Waals surface area contributed by atoms with Gasteiger partial charge in [0.25, 0.3) is 0 Å². The maximum Gasteiger partial charge on any atom is 0.326 e. The van der Waals surface area contributed by atoms with Gasteiger partial charge in [-0.25, -0.2) is 0 Å². The van der Waals surface area contributed by atoms with E-state index in [0.717, 1.165) is 48.8 Å². The Hall–Kier alpha value is -1.81. The minimum absolute atomic E-state index is 0.0283. The molecule has 0 radical (unpaired) electrons. The van der Waals surface area contributed by atoms with Crippen molar-refractivity contribution < 1.29 is 14.3 Å². The molecule has 1 aromatic carbocycles. The van der Waals surface area contributed by atoms with Crippen molar-refractivity contribution in [1.82, 2.24) is 4.57 Å². The Morgan fingerprint density at radius 2 is 2.09 bits per heavy atom. The first kappa shape index (κ1) is 16.1. The molecular formula is C18H20ClNO3. The van der Waals surface area contributed by atoms with E-state index in [9.17, 15) is 9.59 Å². The van der Waals surface area contributed by atoms with E-state index in [1.54, 1.807) is 22.9 Å². The second-order valence-corrected chi connectivity index (χ2v) is 6.80. The summed E-state index contributed by atoms with van der Waals surface area (Å²) in [5.74, 6) is 0.465. The first-order valence-electron chi connectivity index (χ1n) is 8.00. The molecule has 0 aliphatic heterocycles. The molecule has 1 aliphatic carbocycles. The number of ether oxygens (including phenoxy) is 1. The van der Waals surface area contributed by atoms with E-state index >= 15 is 0 Å². The van der Waals surface area contributed by atoms with E-state index in [2.05, 4.69) is 6.92 Å². The molecule has 0 unspecified atom stereocenters. The van der Waals surface area contributed by atoms with E-state index < -0.39 is 0 Å². The van der Waals surface area contributed by atoms with Gasteiger partial charge in [0.1, 0.15) is 12.6 Å². The summed E-state index contributed by atoms with van der Waals surface area (Å²) in [6.07, 6.45) is 6.58. The Balaban J connectivity index is 1.73. The van der Waals surface area contributed by atoms with Crippen LogP contribution in [0.2, 0.25) is 5.02 Å². The Kier molecular flexibility index (Phi) is 4.71. The van der Waals surface area contributed by atoms with Crippen molar-refractivity contribution in [2.45, 2.75) is 45.3 Å². The molecule has 1 aliphatic rings. The van der Waals surface area contributed by atoms with Crippen molar-refractivity contribution >= 4 is 34.8 Å². The third kappa shape index (κ3) is 3.58. The Morgan fingerprint density at radius 1 is 1.35 bits per heavy atom. The number of hydrogen-bond acceptors (Lipinski definition) is 3. The van der Waals surface area contributed by atoms with Crippen molar-refractivity contribution in [3.63, 3.8) is 0 Å². The summed E-state index contributed by atoms with van der Waals surface area (Å²) in [5.41, 5.74) is 1.34. The number of carbonyl (C=O) groups is 2. The molecule has 4 nitrogen and oxygen atoms in total. The van der Waals surface area contributed by atoms with E-state index in [1.165, 1.54) is 0 Å². The van der Waals surface area contributed by atoms with Crippen LogP contribution in [-0.2, 0) is 16.1 Å². The predicted octanol–water partition coefficient (Wildman–Crippen LogP) is 4.23. The quantitative estimate of drug-likeness (QED) is 0.621. The fraction of sp³-hybridized carbons (Fsp3) is 0.444. The summed E-state index contributed by atoms with van der Waals surface area (Å²) in [6.45, 7) is 2.34. The normalized spacial score (nSPS) is 21.3. The van der Waals surface area contributed by atoms with Crippen LogP contribution in [0.3, 0.4) is 0 Å². The fourth-order valence-corrected chi connectivity index (χ4v) is 3.40. The molecule has 1 saturated carbocycles. The lowest BCUT2D eigenvalue weighted by molar-refractivity contribution is -0.151. The highest BCUT2D eigenvalue weighted by Crippen LogP contribution is 2.27. The van der Waals surface area contributed by atoms with Crippen LogP contribution >= 0.6 is 11.6 Å². The minimum Gasteiger partial charge on any atom is -0.461 e. The van der Waals surface area contributed by atoms with Gasteiger partial charge in [-0.1, -0.05) is 18.5 Å². The molecule has 3 rings (SSSR count). The summed E-state index contributed by atoms with van der Waals surface area (Å²) >= 11 is 5.99. The third-order valence-corrected chi connectivity index (χ3v) is 4.80. The molecule has 1 heterocycles. The number of hydrogen-bond donors (Lipinski definition) is 0. The highest BCUT2D eigenvalue weighted by atomic mass is 35.5. The van der Waals surface area contributed by atoms with Crippen LogP contribution in [-0.4, -0.2) is 22.9 Å². The largest absolute Gasteiger partial charge is 0.461 e. The lowest BCUT2D eigenvalue weighted by Gasteiger charge is -2.26. The summed E-state index contributed by atoms with van der Waals surface area (Å²) in [5, 5.41) is 1.32. The molecule has 122 valence electrons. The van der Waals surface area contributed by atoms with Crippen molar-refractivity contribution in [2.24, 2.45) is 5.92 Å². The Morgan fingerprint density at radius 3 is 2.78 bits per heavy atom. The van der Waals surface area contributed by atoms with Gasteiger partial charge in [-0.05, 0) is 49.8 Å². The molecule has 1 aromatic heterocycles. The molecule has 0 atom stereocenters. The molecule has 0 spiro atoms. The zero-order valence-electron chi connectivity index (χ0n) is 13.1. The molecule has 23 heavy (non-hydrogen) atoms. The smallest absolute Gasteiger partial charge is 0.326 e. The summed E-state index contributed by atoms with van der Waals surface area (Å²) in [7, 11) is 0. The van der Waals surface area contributed by atoms with Crippen LogP contribution in [0.15, 0.2) is 24.4 Å². The molecule has 0 saturated heterocycles. The lowest BCUT2D eigenvalue weighted by atomic mass is 9.89. The average molecular weight is 334 g/mol. The number of esters is 1. The fourth-order valence-electron chi connectivity index (χ4n) is 3.23. The SMILES string of the molecule is CC1CCC(OC(=O)Cn2cc(C=O)c3cc(Cl)ccc32)CC1. The Labute approximate surface area is 140 Å². The number of halogens is 1. The molecular weight excluding hydrogens is 314 g/mol. The number of aromatic nitrogens is 1. The molecule has 0 amide bonds. The van der Waals surface area contributed by atoms with Gasteiger partial charge < -0.3 is 9.30 Å². The van der Waals surface area contributed by atoms with Crippen LogP contribution in [0.5, 0.6) is 0 Å². The average Bonchev–Trinajstić information content (AvgIpc) is 2.86. The maximum absolute atomic E-state index is 12.2. The van der Waals surface area contributed by atoms with Crippen LogP contribution in [0.4, 0.5) is 0 Å². The van der Waals surface area contributed by atoms with Crippen molar-refractivity contribution in [3.8, 4) is 0 Å². The monoisotopic (exact) mass is 333 g/mol. The van der Waals surface area contributed by atoms with E-state index in [4.69, 9.17) is 16.3 Å². The highest BCUT2D eigenvalue weighted by molar-refractivity contribution is 6.31. The number of rotatable bonds is 4.